The summed E-state index contributed by atoms with van der Waals surface area (Å²) in [6, 6.07) is 12.0. The topological polar surface area (TPSA) is 58.4 Å². The molecule has 0 spiro atoms. The Labute approximate surface area is 160 Å². The van der Waals surface area contributed by atoms with Gasteiger partial charge in [-0.1, -0.05) is 44.2 Å². The number of aryl methyl sites for hydroxylation is 1. The Hall–Kier alpha value is -2.63. The van der Waals surface area contributed by atoms with E-state index in [9.17, 15) is 9.59 Å². The minimum atomic E-state index is -0.104. The number of hydrogen-bond acceptors (Lipinski definition) is 3. The molecule has 0 aliphatic carbocycles. The van der Waals surface area contributed by atoms with E-state index in [0.717, 1.165) is 12.1 Å². The van der Waals surface area contributed by atoms with E-state index in [0.29, 0.717) is 31.9 Å². The molecule has 6 heteroatoms. The molecule has 27 heavy (non-hydrogen) atoms. The molecule has 6 nitrogen and oxygen atoms in total. The average Bonchev–Trinajstić information content (AvgIpc) is 3.12. The van der Waals surface area contributed by atoms with Crippen molar-refractivity contribution in [2.45, 2.75) is 39.7 Å². The number of nitrogens with zero attached hydrogens (tertiary/aromatic N) is 4. The van der Waals surface area contributed by atoms with Crippen LogP contribution in [0.15, 0.2) is 36.4 Å². The van der Waals surface area contributed by atoms with Gasteiger partial charge in [0.05, 0.1) is 5.69 Å². The fourth-order valence-corrected chi connectivity index (χ4v) is 3.32. The monoisotopic (exact) mass is 368 g/mol. The molecular formula is C21H28N4O2. The SMILES string of the molecule is CCn1nc(C(C)C)cc1C(=O)N1CCN(CCc2ccccc2)C(=O)C1. The zero-order valence-corrected chi connectivity index (χ0v) is 16.4. The van der Waals surface area contributed by atoms with E-state index in [1.165, 1.54) is 5.56 Å². The van der Waals surface area contributed by atoms with E-state index in [-0.39, 0.29) is 24.3 Å². The third kappa shape index (κ3) is 4.38. The average molecular weight is 368 g/mol. The van der Waals surface area contributed by atoms with Crippen LogP contribution in [-0.2, 0) is 17.8 Å². The molecule has 1 aromatic carbocycles. The van der Waals surface area contributed by atoms with Crippen molar-refractivity contribution in [1.29, 1.82) is 0 Å². The molecule has 2 heterocycles. The highest BCUT2D eigenvalue weighted by Crippen LogP contribution is 2.17. The minimum Gasteiger partial charge on any atom is -0.339 e. The van der Waals surface area contributed by atoms with Gasteiger partial charge in [-0.15, -0.1) is 0 Å². The van der Waals surface area contributed by atoms with E-state index < -0.39 is 0 Å². The normalized spacial score (nSPS) is 14.9. The zero-order chi connectivity index (χ0) is 19.4. The van der Waals surface area contributed by atoms with Crippen molar-refractivity contribution in [3.05, 3.63) is 53.3 Å². The van der Waals surface area contributed by atoms with Crippen molar-refractivity contribution in [3.63, 3.8) is 0 Å². The van der Waals surface area contributed by atoms with Crippen LogP contribution in [0.2, 0.25) is 0 Å². The summed E-state index contributed by atoms with van der Waals surface area (Å²) in [5.41, 5.74) is 2.71. The van der Waals surface area contributed by atoms with Gasteiger partial charge in [0.15, 0.2) is 0 Å². The Balaban J connectivity index is 1.62. The van der Waals surface area contributed by atoms with Gasteiger partial charge in [0.25, 0.3) is 5.91 Å². The summed E-state index contributed by atoms with van der Waals surface area (Å²) in [6.07, 6.45) is 0.834. The molecule has 0 radical (unpaired) electrons. The maximum absolute atomic E-state index is 12.9. The molecule has 2 amide bonds. The van der Waals surface area contributed by atoms with Crippen molar-refractivity contribution < 1.29 is 9.59 Å². The summed E-state index contributed by atoms with van der Waals surface area (Å²) in [5.74, 6) is 0.172. The molecule has 3 rings (SSSR count). The molecule has 1 aliphatic rings. The van der Waals surface area contributed by atoms with Crippen molar-refractivity contribution in [3.8, 4) is 0 Å². The molecular weight excluding hydrogens is 340 g/mol. The van der Waals surface area contributed by atoms with E-state index in [2.05, 4.69) is 31.1 Å². The Kier molecular flexibility index (Phi) is 5.94. The Bertz CT molecular complexity index is 798. The Morgan fingerprint density at radius 1 is 1.19 bits per heavy atom. The van der Waals surface area contributed by atoms with Crippen LogP contribution in [0.25, 0.3) is 0 Å². The predicted molar refractivity (Wildman–Crippen MR) is 105 cm³/mol. The van der Waals surface area contributed by atoms with Gasteiger partial charge >= 0.3 is 0 Å². The first-order valence-electron chi connectivity index (χ1n) is 9.68. The number of rotatable bonds is 6. The van der Waals surface area contributed by atoms with Crippen LogP contribution in [0.4, 0.5) is 0 Å². The van der Waals surface area contributed by atoms with Gasteiger partial charge in [0, 0.05) is 26.2 Å². The standard InChI is InChI=1S/C21H28N4O2/c1-4-25-19(14-18(22-25)16(2)3)21(27)24-13-12-23(20(26)15-24)11-10-17-8-6-5-7-9-17/h5-9,14,16H,4,10-13,15H2,1-3H3. The van der Waals surface area contributed by atoms with Crippen LogP contribution in [-0.4, -0.2) is 57.6 Å². The maximum atomic E-state index is 12.9. The first-order chi connectivity index (χ1) is 13.0. The number of aromatic nitrogens is 2. The number of carbonyl (C=O) groups is 2. The lowest BCUT2D eigenvalue weighted by Crippen LogP contribution is -2.52. The largest absolute Gasteiger partial charge is 0.339 e. The van der Waals surface area contributed by atoms with Gasteiger partial charge in [-0.2, -0.15) is 5.10 Å². The highest BCUT2D eigenvalue weighted by molar-refractivity contribution is 5.96. The lowest BCUT2D eigenvalue weighted by molar-refractivity contribution is -0.134. The highest BCUT2D eigenvalue weighted by Gasteiger charge is 2.29. The number of benzene rings is 1. The highest BCUT2D eigenvalue weighted by atomic mass is 16.2. The summed E-state index contributed by atoms with van der Waals surface area (Å²) < 4.78 is 1.74. The Morgan fingerprint density at radius 2 is 1.93 bits per heavy atom. The predicted octanol–water partition coefficient (Wildman–Crippen LogP) is 2.55. The summed E-state index contributed by atoms with van der Waals surface area (Å²) in [4.78, 5) is 29.0. The van der Waals surface area contributed by atoms with Gasteiger partial charge in [0.1, 0.15) is 12.2 Å². The van der Waals surface area contributed by atoms with Gasteiger partial charge in [-0.3, -0.25) is 14.3 Å². The third-order valence-corrected chi connectivity index (χ3v) is 5.03. The van der Waals surface area contributed by atoms with Crippen molar-refractivity contribution >= 4 is 11.8 Å². The molecule has 0 unspecified atom stereocenters. The van der Waals surface area contributed by atoms with E-state index >= 15 is 0 Å². The number of hydrogen-bond donors (Lipinski definition) is 0. The zero-order valence-electron chi connectivity index (χ0n) is 16.4. The molecule has 1 aromatic heterocycles. The van der Waals surface area contributed by atoms with Crippen LogP contribution in [0.5, 0.6) is 0 Å². The second-order valence-electron chi connectivity index (χ2n) is 7.27. The van der Waals surface area contributed by atoms with E-state index in [4.69, 9.17) is 0 Å². The first kappa shape index (κ1) is 19.1. The molecule has 0 atom stereocenters. The van der Waals surface area contributed by atoms with Gasteiger partial charge in [-0.25, -0.2) is 0 Å². The number of piperazine rings is 1. The van der Waals surface area contributed by atoms with Crippen LogP contribution >= 0.6 is 0 Å². The van der Waals surface area contributed by atoms with Crippen molar-refractivity contribution in [1.82, 2.24) is 19.6 Å². The fraction of sp³-hybridized carbons (Fsp3) is 0.476. The molecule has 144 valence electrons. The van der Waals surface area contributed by atoms with Gasteiger partial charge in [-0.05, 0) is 30.9 Å². The van der Waals surface area contributed by atoms with Crippen molar-refractivity contribution in [2.24, 2.45) is 0 Å². The fourth-order valence-electron chi connectivity index (χ4n) is 3.32. The summed E-state index contributed by atoms with van der Waals surface area (Å²) in [7, 11) is 0. The molecule has 2 aromatic rings. The quantitative estimate of drug-likeness (QED) is 0.787. The van der Waals surface area contributed by atoms with Crippen molar-refractivity contribution in [2.75, 3.05) is 26.2 Å². The molecule has 1 fully saturated rings. The molecule has 1 aliphatic heterocycles. The third-order valence-electron chi connectivity index (χ3n) is 5.03. The maximum Gasteiger partial charge on any atom is 0.272 e. The second-order valence-corrected chi connectivity index (χ2v) is 7.27. The summed E-state index contributed by atoms with van der Waals surface area (Å²) in [5, 5.41) is 4.51. The van der Waals surface area contributed by atoms with Crippen LogP contribution in [0, 0.1) is 0 Å². The molecule has 0 saturated carbocycles. The second kappa shape index (κ2) is 8.37. The smallest absolute Gasteiger partial charge is 0.272 e. The number of amides is 2. The van der Waals surface area contributed by atoms with Crippen LogP contribution in [0.1, 0.15) is 48.4 Å². The lowest BCUT2D eigenvalue weighted by Gasteiger charge is -2.34. The minimum absolute atomic E-state index is 0.0113. The molecule has 1 saturated heterocycles. The summed E-state index contributed by atoms with van der Waals surface area (Å²) in [6.45, 7) is 8.70. The molecule has 0 N–H and O–H groups in total. The summed E-state index contributed by atoms with van der Waals surface area (Å²) >= 11 is 0. The Morgan fingerprint density at radius 3 is 2.56 bits per heavy atom. The first-order valence-corrected chi connectivity index (χ1v) is 9.68. The van der Waals surface area contributed by atoms with Gasteiger partial charge < -0.3 is 9.80 Å². The lowest BCUT2D eigenvalue weighted by atomic mass is 10.1. The van der Waals surface area contributed by atoms with Gasteiger partial charge in [0.2, 0.25) is 5.91 Å². The van der Waals surface area contributed by atoms with E-state index in [1.54, 1.807) is 9.58 Å². The van der Waals surface area contributed by atoms with Crippen LogP contribution < -0.4 is 0 Å². The van der Waals surface area contributed by atoms with E-state index in [1.807, 2.05) is 36.1 Å². The molecule has 0 bridgehead atoms. The van der Waals surface area contributed by atoms with Crippen LogP contribution in [0.3, 0.4) is 0 Å². The number of carbonyl (C=O) groups excluding carboxylic acids is 2.